The molecular weight excluding hydrogens is 258 g/mol. The van der Waals surface area contributed by atoms with Gasteiger partial charge in [-0.1, -0.05) is 13.8 Å². The molecule has 0 heterocycles. The number of hydrogen-bond donors (Lipinski definition) is 1. The van der Waals surface area contributed by atoms with Crippen molar-refractivity contribution in [1.29, 1.82) is 0 Å². The molecule has 0 aliphatic heterocycles. The molecule has 1 rings (SSSR count). The minimum atomic E-state index is -1.20. The van der Waals surface area contributed by atoms with E-state index in [2.05, 4.69) is 5.32 Å². The average molecular weight is 274 g/mol. The second-order valence-electron chi connectivity index (χ2n) is 4.44. The average Bonchev–Trinajstić information content (AvgIpc) is 2.26. The third-order valence-corrected chi connectivity index (χ3v) is 2.22. The Balaban J connectivity index is 2.64. The molecule has 0 aliphatic rings. The standard InChI is InChI=1S/C12H16F2N2O3/c1-8(2)7-19-4-3-15-11-6-9(13)5-10(14)12(11)16(17)18/h5-6,8,15H,3-4,7H2,1-2H3. The third-order valence-electron chi connectivity index (χ3n) is 2.22. The number of benzene rings is 1. The smallest absolute Gasteiger partial charge is 0.327 e. The van der Waals surface area contributed by atoms with E-state index in [4.69, 9.17) is 4.74 Å². The SMILES string of the molecule is CC(C)COCCNc1cc(F)cc(F)c1[N+](=O)[O-]. The second-order valence-corrected chi connectivity index (χ2v) is 4.44. The topological polar surface area (TPSA) is 64.4 Å². The summed E-state index contributed by atoms with van der Waals surface area (Å²) in [6.45, 7) is 5.06. The molecule has 106 valence electrons. The number of nitro groups is 1. The van der Waals surface area contributed by atoms with Gasteiger partial charge >= 0.3 is 5.69 Å². The van der Waals surface area contributed by atoms with Crippen LogP contribution in [0.15, 0.2) is 12.1 Å². The van der Waals surface area contributed by atoms with Crippen LogP contribution >= 0.6 is 0 Å². The maximum absolute atomic E-state index is 13.3. The van der Waals surface area contributed by atoms with Crippen molar-refractivity contribution in [3.05, 3.63) is 33.9 Å². The Kier molecular flexibility index (Phi) is 5.62. The first-order chi connectivity index (χ1) is 8.91. The molecule has 1 aromatic carbocycles. The minimum absolute atomic E-state index is 0.185. The summed E-state index contributed by atoms with van der Waals surface area (Å²) in [5.74, 6) is -1.69. The van der Waals surface area contributed by atoms with E-state index in [1.165, 1.54) is 0 Å². The predicted molar refractivity (Wildman–Crippen MR) is 67.2 cm³/mol. The van der Waals surface area contributed by atoms with E-state index < -0.39 is 22.2 Å². The van der Waals surface area contributed by atoms with Crippen LogP contribution in [0.5, 0.6) is 0 Å². The Labute approximate surface area is 109 Å². The van der Waals surface area contributed by atoms with Crippen molar-refractivity contribution in [2.75, 3.05) is 25.1 Å². The Morgan fingerprint density at radius 3 is 2.68 bits per heavy atom. The summed E-state index contributed by atoms with van der Waals surface area (Å²) in [5, 5.41) is 13.3. The first-order valence-electron chi connectivity index (χ1n) is 5.87. The first kappa shape index (κ1) is 15.3. The lowest BCUT2D eigenvalue weighted by molar-refractivity contribution is -0.386. The number of hydrogen-bond acceptors (Lipinski definition) is 4. The van der Waals surface area contributed by atoms with Crippen molar-refractivity contribution in [3.8, 4) is 0 Å². The normalized spacial score (nSPS) is 10.8. The molecule has 0 radical (unpaired) electrons. The van der Waals surface area contributed by atoms with Crippen LogP contribution in [0.3, 0.4) is 0 Å². The molecule has 0 bridgehead atoms. The zero-order valence-corrected chi connectivity index (χ0v) is 10.8. The summed E-state index contributed by atoms with van der Waals surface area (Å²) in [6.07, 6.45) is 0. The highest BCUT2D eigenvalue weighted by atomic mass is 19.1. The van der Waals surface area contributed by atoms with Gasteiger partial charge in [-0.25, -0.2) is 4.39 Å². The summed E-state index contributed by atoms with van der Waals surface area (Å²) in [6, 6.07) is 1.38. The molecule has 1 N–H and O–H groups in total. The quantitative estimate of drug-likeness (QED) is 0.471. The van der Waals surface area contributed by atoms with Crippen LogP contribution in [0.25, 0.3) is 0 Å². The Morgan fingerprint density at radius 2 is 2.11 bits per heavy atom. The minimum Gasteiger partial charge on any atom is -0.379 e. The third kappa shape index (κ3) is 4.78. The summed E-state index contributed by atoms with van der Waals surface area (Å²) in [5.41, 5.74) is -0.944. The maximum Gasteiger partial charge on any atom is 0.327 e. The van der Waals surface area contributed by atoms with E-state index in [-0.39, 0.29) is 12.2 Å². The van der Waals surface area contributed by atoms with Gasteiger partial charge < -0.3 is 10.1 Å². The zero-order valence-electron chi connectivity index (χ0n) is 10.8. The number of anilines is 1. The fourth-order valence-corrected chi connectivity index (χ4v) is 1.46. The van der Waals surface area contributed by atoms with E-state index >= 15 is 0 Å². The van der Waals surface area contributed by atoms with Crippen LogP contribution in [0, 0.1) is 27.7 Å². The van der Waals surface area contributed by atoms with Gasteiger partial charge in [-0.3, -0.25) is 10.1 Å². The molecular formula is C12H16F2N2O3. The van der Waals surface area contributed by atoms with Gasteiger partial charge in [0.25, 0.3) is 0 Å². The van der Waals surface area contributed by atoms with Crippen molar-refractivity contribution >= 4 is 11.4 Å². The summed E-state index contributed by atoms with van der Waals surface area (Å²) < 4.78 is 31.6. The van der Waals surface area contributed by atoms with Gasteiger partial charge in [-0.15, -0.1) is 0 Å². The fraction of sp³-hybridized carbons (Fsp3) is 0.500. The van der Waals surface area contributed by atoms with Crippen molar-refractivity contribution in [3.63, 3.8) is 0 Å². The van der Waals surface area contributed by atoms with Gasteiger partial charge in [0.2, 0.25) is 5.82 Å². The first-order valence-corrected chi connectivity index (χ1v) is 5.87. The van der Waals surface area contributed by atoms with Crippen LogP contribution in [-0.4, -0.2) is 24.7 Å². The van der Waals surface area contributed by atoms with Gasteiger partial charge in [-0.2, -0.15) is 4.39 Å². The Morgan fingerprint density at radius 1 is 1.42 bits per heavy atom. The lowest BCUT2D eigenvalue weighted by Crippen LogP contribution is -2.13. The van der Waals surface area contributed by atoms with Crippen molar-refractivity contribution in [2.24, 2.45) is 5.92 Å². The number of halogens is 2. The van der Waals surface area contributed by atoms with Gasteiger partial charge in [0.05, 0.1) is 11.5 Å². The highest BCUT2D eigenvalue weighted by molar-refractivity contribution is 5.62. The maximum atomic E-state index is 13.3. The fourth-order valence-electron chi connectivity index (χ4n) is 1.46. The van der Waals surface area contributed by atoms with Crippen molar-refractivity contribution < 1.29 is 18.4 Å². The molecule has 0 saturated carbocycles. The molecule has 1 aromatic rings. The predicted octanol–water partition coefficient (Wildman–Crippen LogP) is 2.96. The van der Waals surface area contributed by atoms with E-state index in [0.29, 0.717) is 25.2 Å². The summed E-state index contributed by atoms with van der Waals surface area (Å²) in [7, 11) is 0. The van der Waals surface area contributed by atoms with Gasteiger partial charge in [0.15, 0.2) is 0 Å². The number of nitrogens with zero attached hydrogens (tertiary/aromatic N) is 1. The molecule has 7 heteroatoms. The zero-order chi connectivity index (χ0) is 14.4. The van der Waals surface area contributed by atoms with Gasteiger partial charge in [0.1, 0.15) is 11.5 Å². The van der Waals surface area contributed by atoms with Crippen molar-refractivity contribution in [1.82, 2.24) is 0 Å². The Bertz CT molecular complexity index is 453. The van der Waals surface area contributed by atoms with E-state index in [1.54, 1.807) is 0 Å². The molecule has 5 nitrogen and oxygen atoms in total. The molecule has 0 saturated heterocycles. The number of nitro benzene ring substituents is 1. The molecule has 0 unspecified atom stereocenters. The largest absolute Gasteiger partial charge is 0.379 e. The Hall–Kier alpha value is -1.76. The van der Waals surface area contributed by atoms with E-state index in [1.807, 2.05) is 13.8 Å². The van der Waals surface area contributed by atoms with Crippen molar-refractivity contribution in [2.45, 2.75) is 13.8 Å². The van der Waals surface area contributed by atoms with E-state index in [0.717, 1.165) is 6.07 Å². The van der Waals surface area contributed by atoms with Crippen LogP contribution in [-0.2, 0) is 4.74 Å². The second kappa shape index (κ2) is 6.98. The van der Waals surface area contributed by atoms with Gasteiger partial charge in [0, 0.05) is 25.3 Å². The molecule has 0 aromatic heterocycles. The molecule has 0 fully saturated rings. The molecule has 0 atom stereocenters. The summed E-state index contributed by atoms with van der Waals surface area (Å²) >= 11 is 0. The number of nitrogens with one attached hydrogen (secondary N) is 1. The molecule has 0 aliphatic carbocycles. The number of ether oxygens (including phenoxy) is 1. The highest BCUT2D eigenvalue weighted by Crippen LogP contribution is 2.28. The monoisotopic (exact) mass is 274 g/mol. The van der Waals surface area contributed by atoms with Crippen LogP contribution in [0.2, 0.25) is 0 Å². The molecule has 0 spiro atoms. The van der Waals surface area contributed by atoms with Crippen LogP contribution in [0.1, 0.15) is 13.8 Å². The molecule has 19 heavy (non-hydrogen) atoms. The van der Waals surface area contributed by atoms with Gasteiger partial charge in [-0.05, 0) is 5.92 Å². The van der Waals surface area contributed by atoms with E-state index in [9.17, 15) is 18.9 Å². The number of rotatable bonds is 7. The lowest BCUT2D eigenvalue weighted by atomic mass is 10.2. The van der Waals surface area contributed by atoms with Crippen LogP contribution < -0.4 is 5.32 Å². The van der Waals surface area contributed by atoms with Crippen LogP contribution in [0.4, 0.5) is 20.2 Å². The summed E-state index contributed by atoms with van der Waals surface area (Å²) in [4.78, 5) is 9.82. The molecule has 0 amide bonds. The highest BCUT2D eigenvalue weighted by Gasteiger charge is 2.21. The lowest BCUT2D eigenvalue weighted by Gasteiger charge is -2.09.